The number of carbonyl (C=O) groups is 2. The number of amides is 1. The van der Waals surface area contributed by atoms with E-state index in [1.54, 1.807) is 0 Å². The number of hydrogen-bond acceptors (Lipinski definition) is 2. The Morgan fingerprint density at radius 2 is 1.69 bits per heavy atom. The predicted octanol–water partition coefficient (Wildman–Crippen LogP) is 1.50. The molecule has 0 aliphatic heterocycles. The Balaban J connectivity index is 2.02. The quantitative estimate of drug-likeness (QED) is 0.788. The Hall–Kier alpha value is -1.06. The highest BCUT2D eigenvalue weighted by atomic mass is 16.4. The van der Waals surface area contributed by atoms with Crippen LogP contribution in [0, 0.1) is 11.8 Å². The molecule has 2 aliphatic rings. The molecule has 2 atom stereocenters. The molecule has 2 unspecified atom stereocenters. The van der Waals surface area contributed by atoms with Gasteiger partial charge in [-0.2, -0.15) is 0 Å². The van der Waals surface area contributed by atoms with Gasteiger partial charge in [0.05, 0.1) is 11.8 Å². The molecule has 1 N–H and O–H groups in total. The zero-order valence-corrected chi connectivity index (χ0v) is 9.85. The minimum Gasteiger partial charge on any atom is -0.481 e. The molecule has 0 aromatic rings. The summed E-state index contributed by atoms with van der Waals surface area (Å²) in [5.41, 5.74) is 0. The van der Waals surface area contributed by atoms with E-state index >= 15 is 0 Å². The van der Waals surface area contributed by atoms with Crippen LogP contribution < -0.4 is 0 Å². The van der Waals surface area contributed by atoms with Gasteiger partial charge >= 0.3 is 5.97 Å². The Bertz CT molecular complexity index is 307. The lowest BCUT2D eigenvalue weighted by atomic mass is 9.72. The molecule has 1 amide bonds. The van der Waals surface area contributed by atoms with Crippen LogP contribution in [-0.4, -0.2) is 34.0 Å². The maximum Gasteiger partial charge on any atom is 0.307 e. The average molecular weight is 225 g/mol. The van der Waals surface area contributed by atoms with Crippen molar-refractivity contribution in [3.8, 4) is 0 Å². The number of aliphatic carboxylic acids is 1. The second-order valence-electron chi connectivity index (χ2n) is 5.20. The van der Waals surface area contributed by atoms with Crippen LogP contribution in [-0.2, 0) is 9.59 Å². The zero-order valence-electron chi connectivity index (χ0n) is 9.85. The van der Waals surface area contributed by atoms with E-state index in [0.717, 1.165) is 19.3 Å². The highest BCUT2D eigenvalue weighted by Gasteiger charge is 2.46. The van der Waals surface area contributed by atoms with Gasteiger partial charge in [0.25, 0.3) is 0 Å². The van der Waals surface area contributed by atoms with Crippen molar-refractivity contribution in [1.29, 1.82) is 0 Å². The van der Waals surface area contributed by atoms with Gasteiger partial charge in [-0.05, 0) is 39.5 Å². The van der Waals surface area contributed by atoms with Crippen molar-refractivity contribution in [3.63, 3.8) is 0 Å². The van der Waals surface area contributed by atoms with Gasteiger partial charge in [0.1, 0.15) is 0 Å². The lowest BCUT2D eigenvalue weighted by Gasteiger charge is -2.38. The maximum atomic E-state index is 12.2. The molecule has 0 saturated heterocycles. The van der Waals surface area contributed by atoms with Gasteiger partial charge in [-0.1, -0.05) is 0 Å². The number of hydrogen-bond donors (Lipinski definition) is 1. The highest BCUT2D eigenvalue weighted by Crippen LogP contribution is 2.39. The summed E-state index contributed by atoms with van der Waals surface area (Å²) in [6.07, 6.45) is 3.55. The monoisotopic (exact) mass is 225 g/mol. The third kappa shape index (κ3) is 1.93. The van der Waals surface area contributed by atoms with Crippen LogP contribution in [0.3, 0.4) is 0 Å². The second-order valence-corrected chi connectivity index (χ2v) is 5.20. The summed E-state index contributed by atoms with van der Waals surface area (Å²) in [5, 5.41) is 8.96. The van der Waals surface area contributed by atoms with Crippen LogP contribution in [0.1, 0.15) is 39.5 Å². The van der Waals surface area contributed by atoms with E-state index in [4.69, 9.17) is 5.11 Å². The van der Waals surface area contributed by atoms with Crippen LogP contribution in [0.15, 0.2) is 0 Å². The third-order valence-electron chi connectivity index (χ3n) is 3.66. The van der Waals surface area contributed by atoms with Crippen molar-refractivity contribution in [3.05, 3.63) is 0 Å². The first-order valence-electron chi connectivity index (χ1n) is 6.07. The van der Waals surface area contributed by atoms with E-state index in [2.05, 4.69) is 0 Å². The number of carbonyl (C=O) groups excluding carboxylic acids is 1. The van der Waals surface area contributed by atoms with Crippen LogP contribution >= 0.6 is 0 Å². The molecule has 0 aromatic heterocycles. The Morgan fingerprint density at radius 3 is 2.00 bits per heavy atom. The van der Waals surface area contributed by atoms with E-state index in [-0.39, 0.29) is 17.9 Å². The van der Waals surface area contributed by atoms with Crippen molar-refractivity contribution < 1.29 is 14.7 Å². The smallest absolute Gasteiger partial charge is 0.307 e. The normalized spacial score (nSPS) is 28.7. The molecule has 0 bridgehead atoms. The van der Waals surface area contributed by atoms with Gasteiger partial charge in [-0.3, -0.25) is 9.59 Å². The van der Waals surface area contributed by atoms with Crippen LogP contribution in [0.5, 0.6) is 0 Å². The van der Waals surface area contributed by atoms with Crippen LogP contribution in [0.2, 0.25) is 0 Å². The average Bonchev–Trinajstić information content (AvgIpc) is 2.83. The molecule has 2 fully saturated rings. The molecule has 0 spiro atoms. The molecule has 4 heteroatoms. The molecule has 2 saturated carbocycles. The summed E-state index contributed by atoms with van der Waals surface area (Å²) in [6.45, 7) is 4.01. The van der Waals surface area contributed by atoms with Crippen molar-refractivity contribution >= 4 is 11.9 Å². The second kappa shape index (κ2) is 4.07. The summed E-state index contributed by atoms with van der Waals surface area (Å²) < 4.78 is 0. The number of carboxylic acids is 1. The molecular weight excluding hydrogens is 206 g/mol. The fourth-order valence-electron chi connectivity index (χ4n) is 2.49. The Labute approximate surface area is 95.6 Å². The molecule has 0 heterocycles. The first-order valence-corrected chi connectivity index (χ1v) is 6.07. The molecule has 0 aromatic carbocycles. The van der Waals surface area contributed by atoms with Crippen molar-refractivity contribution in [2.45, 2.75) is 51.6 Å². The SMILES string of the molecule is CC(C)N(C(=O)C1CCC1C(=O)O)C1CC1. The Morgan fingerprint density at radius 1 is 1.12 bits per heavy atom. The van der Waals surface area contributed by atoms with Crippen molar-refractivity contribution in [2.75, 3.05) is 0 Å². The molecular formula is C12H19NO3. The topological polar surface area (TPSA) is 57.6 Å². The largest absolute Gasteiger partial charge is 0.481 e. The summed E-state index contributed by atoms with van der Waals surface area (Å²) in [6, 6.07) is 0.567. The number of rotatable bonds is 4. The summed E-state index contributed by atoms with van der Waals surface area (Å²) >= 11 is 0. The zero-order chi connectivity index (χ0) is 11.9. The standard InChI is InChI=1S/C12H19NO3/c1-7(2)13(8-3-4-8)11(14)9-5-6-10(9)12(15)16/h7-10H,3-6H2,1-2H3,(H,15,16). The van der Waals surface area contributed by atoms with Gasteiger partial charge in [0.15, 0.2) is 0 Å². The van der Waals surface area contributed by atoms with Crippen LogP contribution in [0.25, 0.3) is 0 Å². The van der Waals surface area contributed by atoms with E-state index < -0.39 is 11.9 Å². The predicted molar refractivity (Wildman–Crippen MR) is 58.9 cm³/mol. The van der Waals surface area contributed by atoms with E-state index in [1.807, 2.05) is 18.7 Å². The van der Waals surface area contributed by atoms with E-state index in [1.165, 1.54) is 0 Å². The molecule has 16 heavy (non-hydrogen) atoms. The fourth-order valence-corrected chi connectivity index (χ4v) is 2.49. The number of carboxylic acid groups (broad SMARTS) is 1. The molecule has 90 valence electrons. The van der Waals surface area contributed by atoms with Gasteiger partial charge in [0, 0.05) is 12.1 Å². The van der Waals surface area contributed by atoms with Gasteiger partial charge < -0.3 is 10.0 Å². The third-order valence-corrected chi connectivity index (χ3v) is 3.66. The summed E-state index contributed by atoms with van der Waals surface area (Å²) in [7, 11) is 0. The van der Waals surface area contributed by atoms with Crippen molar-refractivity contribution in [2.24, 2.45) is 11.8 Å². The number of nitrogens with zero attached hydrogens (tertiary/aromatic N) is 1. The minimum atomic E-state index is -0.816. The molecule has 2 aliphatic carbocycles. The highest BCUT2D eigenvalue weighted by molar-refractivity contribution is 5.86. The van der Waals surface area contributed by atoms with Gasteiger partial charge in [0.2, 0.25) is 5.91 Å². The maximum absolute atomic E-state index is 12.2. The van der Waals surface area contributed by atoms with Crippen molar-refractivity contribution in [1.82, 2.24) is 4.90 Å². The summed E-state index contributed by atoms with van der Waals surface area (Å²) in [5.74, 6) is -1.45. The first kappa shape index (κ1) is 11.4. The van der Waals surface area contributed by atoms with Crippen LogP contribution in [0.4, 0.5) is 0 Å². The molecule has 4 nitrogen and oxygen atoms in total. The van der Waals surface area contributed by atoms with Gasteiger partial charge in [-0.15, -0.1) is 0 Å². The first-order chi connectivity index (χ1) is 7.52. The molecule has 0 radical (unpaired) electrons. The fraction of sp³-hybridized carbons (Fsp3) is 0.833. The molecule has 2 rings (SSSR count). The van der Waals surface area contributed by atoms with E-state index in [9.17, 15) is 9.59 Å². The lowest BCUT2D eigenvalue weighted by Crippen LogP contribution is -2.49. The summed E-state index contributed by atoms with van der Waals surface area (Å²) in [4.78, 5) is 25.0. The minimum absolute atomic E-state index is 0.0659. The Kier molecular flexibility index (Phi) is 2.91. The van der Waals surface area contributed by atoms with E-state index in [0.29, 0.717) is 12.5 Å². The van der Waals surface area contributed by atoms with Gasteiger partial charge in [-0.25, -0.2) is 0 Å². The lowest BCUT2D eigenvalue weighted by molar-refractivity contribution is -0.157.